The van der Waals surface area contributed by atoms with Gasteiger partial charge in [0.05, 0.1) is 10.6 Å². The van der Waals surface area contributed by atoms with Gasteiger partial charge in [-0.25, -0.2) is 4.74 Å². The molecule has 0 amide bonds. The van der Waals surface area contributed by atoms with E-state index in [0.29, 0.717) is 20.3 Å². The summed E-state index contributed by atoms with van der Waals surface area (Å²) in [5.74, 6) is 0. The van der Waals surface area contributed by atoms with Gasteiger partial charge in [0.15, 0.2) is 6.21 Å². The monoisotopic (exact) mass is 274 g/mol. The molecule has 17 heavy (non-hydrogen) atoms. The quantitative estimate of drug-likeness (QED) is 0.303. The molecule has 0 saturated heterocycles. The molecule has 0 radical (unpaired) electrons. The maximum absolute atomic E-state index is 11.8. The van der Waals surface area contributed by atoms with Crippen LogP contribution in [0, 0.1) is 5.21 Å². The highest BCUT2D eigenvalue weighted by molar-refractivity contribution is 6.36. The standard InChI is InChI=1S/C11H12Cl2N2O2/c1-11(2,7-14-16)15(17)6-8-3-4-9(12)5-10(8)13/h3-7,16H,1-2H3/b14-7-,15-6-. The summed E-state index contributed by atoms with van der Waals surface area (Å²) in [5.41, 5.74) is -0.414. The van der Waals surface area contributed by atoms with Crippen LogP contribution in [0.25, 0.3) is 0 Å². The Labute approximate surface area is 109 Å². The minimum atomic E-state index is -0.961. The second-order valence-corrected chi connectivity index (χ2v) is 4.86. The summed E-state index contributed by atoms with van der Waals surface area (Å²) in [4.78, 5) is 0. The summed E-state index contributed by atoms with van der Waals surface area (Å²) in [7, 11) is 0. The van der Waals surface area contributed by atoms with Gasteiger partial charge in [0.25, 0.3) is 0 Å². The lowest BCUT2D eigenvalue weighted by Crippen LogP contribution is -2.35. The molecule has 0 fully saturated rings. The Morgan fingerprint density at radius 3 is 2.59 bits per heavy atom. The molecule has 0 aliphatic heterocycles. The highest BCUT2D eigenvalue weighted by atomic mass is 35.5. The van der Waals surface area contributed by atoms with Crippen LogP contribution < -0.4 is 0 Å². The van der Waals surface area contributed by atoms with Gasteiger partial charge < -0.3 is 10.4 Å². The molecule has 1 rings (SSSR count). The molecule has 6 heteroatoms. The van der Waals surface area contributed by atoms with Crippen molar-refractivity contribution in [1.82, 2.24) is 0 Å². The Kier molecular flexibility index (Phi) is 4.37. The molecule has 0 saturated carbocycles. The molecule has 0 bridgehead atoms. The van der Waals surface area contributed by atoms with E-state index in [0.717, 1.165) is 6.21 Å². The molecular formula is C11H12Cl2N2O2. The van der Waals surface area contributed by atoms with Crippen LogP contribution in [0.1, 0.15) is 19.4 Å². The zero-order chi connectivity index (χ0) is 13.1. The zero-order valence-electron chi connectivity index (χ0n) is 9.39. The third-order valence-electron chi connectivity index (χ3n) is 2.16. The van der Waals surface area contributed by atoms with Gasteiger partial charge in [-0.15, -0.1) is 0 Å². The van der Waals surface area contributed by atoms with Crippen molar-refractivity contribution < 1.29 is 9.95 Å². The Morgan fingerprint density at radius 2 is 2.06 bits per heavy atom. The Hall–Kier alpha value is -1.26. The number of rotatable bonds is 3. The molecule has 0 heterocycles. The Bertz CT molecular complexity index is 471. The van der Waals surface area contributed by atoms with Crippen LogP contribution in [0.2, 0.25) is 10.0 Å². The van der Waals surface area contributed by atoms with E-state index in [1.807, 2.05) is 0 Å². The fourth-order valence-electron chi connectivity index (χ4n) is 1.10. The van der Waals surface area contributed by atoms with E-state index < -0.39 is 5.54 Å². The maximum Gasteiger partial charge on any atom is 0.205 e. The summed E-state index contributed by atoms with van der Waals surface area (Å²) >= 11 is 11.7. The van der Waals surface area contributed by atoms with Crippen LogP contribution in [0.5, 0.6) is 0 Å². The molecule has 0 unspecified atom stereocenters. The second-order valence-electron chi connectivity index (χ2n) is 4.02. The average molecular weight is 275 g/mol. The van der Waals surface area contributed by atoms with E-state index >= 15 is 0 Å². The summed E-state index contributed by atoms with van der Waals surface area (Å²) in [5, 5.41) is 24.0. The molecule has 1 aromatic rings. The van der Waals surface area contributed by atoms with Crippen LogP contribution in [0.15, 0.2) is 23.4 Å². The van der Waals surface area contributed by atoms with Crippen molar-refractivity contribution in [3.63, 3.8) is 0 Å². The second kappa shape index (κ2) is 5.38. The van der Waals surface area contributed by atoms with Crippen molar-refractivity contribution in [2.45, 2.75) is 19.4 Å². The van der Waals surface area contributed by atoms with Gasteiger partial charge in [0.2, 0.25) is 5.54 Å². The van der Waals surface area contributed by atoms with Crippen LogP contribution >= 0.6 is 23.2 Å². The third-order valence-corrected chi connectivity index (χ3v) is 2.72. The van der Waals surface area contributed by atoms with Crippen LogP contribution in [0.3, 0.4) is 0 Å². The lowest BCUT2D eigenvalue weighted by molar-refractivity contribution is -0.511. The lowest BCUT2D eigenvalue weighted by atomic mass is 10.1. The number of oxime groups is 1. The Balaban J connectivity index is 3.10. The fraction of sp³-hybridized carbons (Fsp3) is 0.273. The molecule has 0 spiro atoms. The van der Waals surface area contributed by atoms with E-state index in [9.17, 15) is 5.21 Å². The van der Waals surface area contributed by atoms with Crippen molar-refractivity contribution >= 4 is 35.6 Å². The summed E-state index contributed by atoms with van der Waals surface area (Å²) < 4.78 is 0.655. The fourth-order valence-corrected chi connectivity index (χ4v) is 1.55. The summed E-state index contributed by atoms with van der Waals surface area (Å²) in [6.45, 7) is 3.22. The summed E-state index contributed by atoms with van der Waals surface area (Å²) in [6.07, 6.45) is 2.46. The first-order valence-corrected chi connectivity index (χ1v) is 5.57. The van der Waals surface area contributed by atoms with Crippen LogP contribution in [-0.2, 0) is 0 Å². The van der Waals surface area contributed by atoms with E-state index in [1.165, 1.54) is 6.21 Å². The van der Waals surface area contributed by atoms with Crippen molar-refractivity contribution in [3.05, 3.63) is 39.0 Å². The number of hydrogen-bond acceptors (Lipinski definition) is 3. The number of halogens is 2. The minimum Gasteiger partial charge on any atom is -0.623 e. The maximum atomic E-state index is 11.8. The van der Waals surface area contributed by atoms with Crippen molar-refractivity contribution in [2.75, 3.05) is 0 Å². The van der Waals surface area contributed by atoms with Gasteiger partial charge in [0.1, 0.15) is 6.21 Å². The van der Waals surface area contributed by atoms with Gasteiger partial charge in [0, 0.05) is 18.9 Å². The van der Waals surface area contributed by atoms with Gasteiger partial charge in [-0.1, -0.05) is 28.4 Å². The molecule has 1 aromatic carbocycles. The van der Waals surface area contributed by atoms with Crippen LogP contribution in [-0.4, -0.2) is 27.9 Å². The van der Waals surface area contributed by atoms with Crippen molar-refractivity contribution in [3.8, 4) is 0 Å². The zero-order valence-corrected chi connectivity index (χ0v) is 10.9. The molecule has 0 aliphatic carbocycles. The van der Waals surface area contributed by atoms with E-state index in [2.05, 4.69) is 5.16 Å². The largest absolute Gasteiger partial charge is 0.623 e. The SMILES string of the molecule is CC(C)(/C=N\O)/[N+]([O-])=C/c1ccc(Cl)cc1Cl. The molecule has 0 aromatic heterocycles. The van der Waals surface area contributed by atoms with E-state index in [1.54, 1.807) is 32.0 Å². The normalized spacial score (nSPS) is 13.3. The smallest absolute Gasteiger partial charge is 0.205 e. The van der Waals surface area contributed by atoms with E-state index in [4.69, 9.17) is 28.4 Å². The molecule has 1 N–H and O–H groups in total. The van der Waals surface area contributed by atoms with Crippen molar-refractivity contribution in [1.29, 1.82) is 0 Å². The number of benzene rings is 1. The molecule has 4 nitrogen and oxygen atoms in total. The molecular weight excluding hydrogens is 263 g/mol. The average Bonchev–Trinajstić information content (AvgIpc) is 2.22. The Morgan fingerprint density at radius 1 is 1.41 bits per heavy atom. The van der Waals surface area contributed by atoms with Gasteiger partial charge in [-0.05, 0) is 18.2 Å². The van der Waals surface area contributed by atoms with E-state index in [-0.39, 0.29) is 0 Å². The predicted octanol–water partition coefficient (Wildman–Crippen LogP) is 3.16. The topological polar surface area (TPSA) is 58.7 Å². The first kappa shape index (κ1) is 13.8. The molecule has 92 valence electrons. The summed E-state index contributed by atoms with van der Waals surface area (Å²) in [6, 6.07) is 4.83. The van der Waals surface area contributed by atoms with Gasteiger partial charge >= 0.3 is 0 Å². The van der Waals surface area contributed by atoms with Gasteiger partial charge in [-0.2, -0.15) is 0 Å². The minimum absolute atomic E-state index is 0.384. The highest BCUT2D eigenvalue weighted by Crippen LogP contribution is 2.20. The highest BCUT2D eigenvalue weighted by Gasteiger charge is 2.24. The number of hydrogen-bond donors (Lipinski definition) is 1. The number of nitrogens with zero attached hydrogens (tertiary/aromatic N) is 2. The molecule has 0 atom stereocenters. The van der Waals surface area contributed by atoms with Crippen molar-refractivity contribution in [2.24, 2.45) is 5.16 Å². The van der Waals surface area contributed by atoms with Crippen LogP contribution in [0.4, 0.5) is 0 Å². The lowest BCUT2D eigenvalue weighted by Gasteiger charge is -2.18. The predicted molar refractivity (Wildman–Crippen MR) is 69.6 cm³/mol. The third kappa shape index (κ3) is 3.61. The number of hydroxylamine groups is 1. The molecule has 0 aliphatic rings. The first-order valence-electron chi connectivity index (χ1n) is 4.82. The first-order chi connectivity index (χ1) is 7.86. The van der Waals surface area contributed by atoms with Gasteiger partial charge in [-0.3, -0.25) is 0 Å².